The molecule has 0 aliphatic rings. The van der Waals surface area contributed by atoms with Crippen LogP contribution in [-0.4, -0.2) is 6.61 Å². The van der Waals surface area contributed by atoms with Crippen molar-refractivity contribution in [3.05, 3.63) is 93.2 Å². The van der Waals surface area contributed by atoms with Crippen LogP contribution < -0.4 is 9.47 Å². The summed E-state index contributed by atoms with van der Waals surface area (Å²) in [6, 6.07) is 19.9. The lowest BCUT2D eigenvalue weighted by Gasteiger charge is -2.14. The average molecular weight is 466 g/mol. The van der Waals surface area contributed by atoms with Gasteiger partial charge in [0, 0.05) is 4.47 Å². The molecular formula is C25H21BrFNO2. The van der Waals surface area contributed by atoms with E-state index in [0.29, 0.717) is 35.8 Å². The van der Waals surface area contributed by atoms with E-state index in [0.717, 1.165) is 15.6 Å². The number of nitriles is 1. The highest BCUT2D eigenvalue weighted by atomic mass is 79.9. The molecule has 0 N–H and O–H groups in total. The van der Waals surface area contributed by atoms with Crippen molar-refractivity contribution >= 4 is 27.6 Å². The summed E-state index contributed by atoms with van der Waals surface area (Å²) >= 11 is 3.55. The summed E-state index contributed by atoms with van der Waals surface area (Å²) in [7, 11) is 0. The first-order chi connectivity index (χ1) is 14.5. The number of halogens is 2. The van der Waals surface area contributed by atoms with Crippen molar-refractivity contribution in [2.75, 3.05) is 6.61 Å². The summed E-state index contributed by atoms with van der Waals surface area (Å²) in [5.74, 6) is 0.797. The standard InChI is InChI=1S/C25H21BrFNO2/c1-3-29-24-13-20(11-21(15-28)19-8-5-9-22(27)12-19)23(26)14-25(24)30-16-18-7-4-6-17(2)10-18/h4-14H,3,16H2,1-2H3/b21-11-. The van der Waals surface area contributed by atoms with Crippen LogP contribution in [0, 0.1) is 24.1 Å². The quantitative estimate of drug-likeness (QED) is 0.280. The van der Waals surface area contributed by atoms with Crippen LogP contribution in [0.15, 0.2) is 65.1 Å². The van der Waals surface area contributed by atoms with Crippen LogP contribution in [-0.2, 0) is 6.61 Å². The Morgan fingerprint density at radius 2 is 1.83 bits per heavy atom. The van der Waals surface area contributed by atoms with E-state index in [-0.39, 0.29) is 5.82 Å². The summed E-state index contributed by atoms with van der Waals surface area (Å²) < 4.78 is 26.1. The zero-order valence-electron chi connectivity index (χ0n) is 16.8. The molecule has 0 radical (unpaired) electrons. The molecule has 0 heterocycles. The van der Waals surface area contributed by atoms with Gasteiger partial charge in [-0.3, -0.25) is 0 Å². The lowest BCUT2D eigenvalue weighted by molar-refractivity contribution is 0.269. The molecule has 30 heavy (non-hydrogen) atoms. The van der Waals surface area contributed by atoms with E-state index in [4.69, 9.17) is 9.47 Å². The van der Waals surface area contributed by atoms with Gasteiger partial charge >= 0.3 is 0 Å². The minimum absolute atomic E-state index is 0.353. The van der Waals surface area contributed by atoms with Crippen molar-refractivity contribution in [2.24, 2.45) is 0 Å². The highest BCUT2D eigenvalue weighted by molar-refractivity contribution is 9.10. The molecule has 3 rings (SSSR count). The fourth-order valence-electron chi connectivity index (χ4n) is 3.00. The summed E-state index contributed by atoms with van der Waals surface area (Å²) in [6.45, 7) is 4.82. The molecular weight excluding hydrogens is 445 g/mol. The number of hydrogen-bond donors (Lipinski definition) is 0. The molecule has 0 aliphatic heterocycles. The number of aryl methyl sites for hydroxylation is 1. The van der Waals surface area contributed by atoms with Gasteiger partial charge in [-0.2, -0.15) is 5.26 Å². The van der Waals surface area contributed by atoms with Gasteiger partial charge in [0.05, 0.1) is 18.2 Å². The monoisotopic (exact) mass is 465 g/mol. The average Bonchev–Trinajstić information content (AvgIpc) is 2.73. The van der Waals surface area contributed by atoms with Crippen molar-refractivity contribution in [2.45, 2.75) is 20.5 Å². The number of hydrogen-bond acceptors (Lipinski definition) is 3. The van der Waals surface area contributed by atoms with Crippen LogP contribution in [0.25, 0.3) is 11.6 Å². The van der Waals surface area contributed by atoms with Crippen molar-refractivity contribution in [3.63, 3.8) is 0 Å². The van der Waals surface area contributed by atoms with Gasteiger partial charge in [0.25, 0.3) is 0 Å². The fourth-order valence-corrected chi connectivity index (χ4v) is 3.43. The minimum Gasteiger partial charge on any atom is -0.490 e. The normalized spacial score (nSPS) is 11.1. The molecule has 0 atom stereocenters. The van der Waals surface area contributed by atoms with Gasteiger partial charge in [0.2, 0.25) is 0 Å². The Kier molecular flexibility index (Phi) is 7.26. The van der Waals surface area contributed by atoms with Gasteiger partial charge in [-0.15, -0.1) is 0 Å². The molecule has 3 aromatic rings. The van der Waals surface area contributed by atoms with E-state index in [9.17, 15) is 9.65 Å². The van der Waals surface area contributed by atoms with E-state index in [1.54, 1.807) is 18.2 Å². The molecule has 0 aromatic heterocycles. The number of ether oxygens (including phenoxy) is 2. The predicted octanol–water partition coefficient (Wildman–Crippen LogP) is 6.94. The molecule has 3 nitrogen and oxygen atoms in total. The molecule has 0 amide bonds. The molecule has 0 unspecified atom stereocenters. The number of allylic oxidation sites excluding steroid dienone is 1. The third-order valence-corrected chi connectivity index (χ3v) is 5.08. The minimum atomic E-state index is -0.386. The maximum Gasteiger partial charge on any atom is 0.162 e. The summed E-state index contributed by atoms with van der Waals surface area (Å²) in [6.07, 6.45) is 1.70. The van der Waals surface area contributed by atoms with Gasteiger partial charge < -0.3 is 9.47 Å². The highest BCUT2D eigenvalue weighted by Crippen LogP contribution is 2.36. The predicted molar refractivity (Wildman–Crippen MR) is 121 cm³/mol. The van der Waals surface area contributed by atoms with E-state index < -0.39 is 0 Å². The summed E-state index contributed by atoms with van der Waals surface area (Å²) in [5, 5.41) is 9.57. The Hall–Kier alpha value is -3.10. The van der Waals surface area contributed by atoms with Crippen LogP contribution >= 0.6 is 15.9 Å². The van der Waals surface area contributed by atoms with Gasteiger partial charge in [0.1, 0.15) is 12.4 Å². The Morgan fingerprint density at radius 1 is 1.07 bits per heavy atom. The highest BCUT2D eigenvalue weighted by Gasteiger charge is 2.12. The largest absolute Gasteiger partial charge is 0.490 e. The Bertz CT molecular complexity index is 1120. The lowest BCUT2D eigenvalue weighted by Crippen LogP contribution is -2.00. The SMILES string of the molecule is CCOc1cc(/C=C(/C#N)c2cccc(F)c2)c(Br)cc1OCc1cccc(C)c1. The zero-order valence-corrected chi connectivity index (χ0v) is 18.4. The van der Waals surface area contributed by atoms with Gasteiger partial charge in [0.15, 0.2) is 11.5 Å². The second kappa shape index (κ2) is 10.1. The summed E-state index contributed by atoms with van der Waals surface area (Å²) in [4.78, 5) is 0. The molecule has 152 valence electrons. The Morgan fingerprint density at radius 3 is 2.53 bits per heavy atom. The zero-order chi connectivity index (χ0) is 21.5. The fraction of sp³-hybridized carbons (Fsp3) is 0.160. The third-order valence-electron chi connectivity index (χ3n) is 4.40. The number of rotatable bonds is 7. The summed E-state index contributed by atoms with van der Waals surface area (Å²) in [5.41, 5.74) is 3.84. The number of nitrogens with zero attached hydrogens (tertiary/aromatic N) is 1. The van der Waals surface area contributed by atoms with Crippen molar-refractivity contribution in [1.82, 2.24) is 0 Å². The first-order valence-corrected chi connectivity index (χ1v) is 10.3. The smallest absolute Gasteiger partial charge is 0.162 e. The van der Waals surface area contributed by atoms with Crippen LogP contribution in [0.2, 0.25) is 0 Å². The van der Waals surface area contributed by atoms with Crippen molar-refractivity contribution in [1.29, 1.82) is 5.26 Å². The molecule has 5 heteroatoms. The van der Waals surface area contributed by atoms with E-state index in [1.165, 1.54) is 17.7 Å². The van der Waals surface area contributed by atoms with Gasteiger partial charge in [-0.1, -0.05) is 57.9 Å². The molecule has 0 saturated carbocycles. The van der Waals surface area contributed by atoms with Gasteiger partial charge in [-0.05, 0) is 60.9 Å². The first-order valence-electron chi connectivity index (χ1n) is 9.52. The van der Waals surface area contributed by atoms with Crippen LogP contribution in [0.4, 0.5) is 4.39 Å². The second-order valence-electron chi connectivity index (χ2n) is 6.71. The molecule has 0 aliphatic carbocycles. The number of benzene rings is 3. The van der Waals surface area contributed by atoms with E-state index >= 15 is 0 Å². The molecule has 0 bridgehead atoms. The Balaban J connectivity index is 1.93. The topological polar surface area (TPSA) is 42.2 Å². The van der Waals surface area contributed by atoms with Crippen molar-refractivity contribution in [3.8, 4) is 17.6 Å². The first kappa shape index (κ1) is 21.6. The lowest BCUT2D eigenvalue weighted by atomic mass is 10.0. The molecule has 0 saturated heterocycles. The third kappa shape index (κ3) is 5.49. The second-order valence-corrected chi connectivity index (χ2v) is 7.57. The van der Waals surface area contributed by atoms with Crippen LogP contribution in [0.5, 0.6) is 11.5 Å². The molecule has 0 fully saturated rings. The van der Waals surface area contributed by atoms with Crippen molar-refractivity contribution < 1.29 is 13.9 Å². The van der Waals surface area contributed by atoms with E-state index in [1.807, 2.05) is 44.2 Å². The maximum absolute atomic E-state index is 13.6. The molecule has 3 aromatic carbocycles. The Labute approximate surface area is 184 Å². The molecule has 0 spiro atoms. The maximum atomic E-state index is 13.6. The van der Waals surface area contributed by atoms with E-state index in [2.05, 4.69) is 28.1 Å². The van der Waals surface area contributed by atoms with Crippen LogP contribution in [0.1, 0.15) is 29.2 Å². The van der Waals surface area contributed by atoms with Crippen LogP contribution in [0.3, 0.4) is 0 Å². The van der Waals surface area contributed by atoms with Gasteiger partial charge in [-0.25, -0.2) is 4.39 Å².